The Kier molecular flexibility index (Phi) is 4.78. The fraction of sp³-hybridized carbons (Fsp3) is 0.500. The molecule has 0 amide bonds. The summed E-state index contributed by atoms with van der Waals surface area (Å²) in [6.07, 6.45) is 0. The van der Waals surface area contributed by atoms with Crippen molar-refractivity contribution in [3.63, 3.8) is 0 Å². The van der Waals surface area contributed by atoms with E-state index in [2.05, 4.69) is 5.32 Å². The van der Waals surface area contributed by atoms with Gasteiger partial charge in [-0.1, -0.05) is 0 Å². The zero-order valence-electron chi connectivity index (χ0n) is 12.1. The standard InChI is InChI=1S/C14H22N2O3/c1-9(14(2,3)19-5)16-12-8-10(13(17)18-4)6-7-11(12)15/h6-9,16H,15H2,1-5H3. The van der Waals surface area contributed by atoms with E-state index in [1.54, 1.807) is 25.3 Å². The molecule has 3 N–H and O–H groups in total. The second kappa shape index (κ2) is 5.93. The number of rotatable bonds is 5. The first-order chi connectivity index (χ1) is 8.81. The molecule has 0 saturated carbocycles. The Bertz CT molecular complexity index is 458. The number of nitrogen functional groups attached to an aromatic ring is 1. The van der Waals surface area contributed by atoms with E-state index < -0.39 is 0 Å². The average molecular weight is 266 g/mol. The zero-order chi connectivity index (χ0) is 14.6. The lowest BCUT2D eigenvalue weighted by Gasteiger charge is -2.32. The van der Waals surface area contributed by atoms with Crippen LogP contribution in [0.4, 0.5) is 11.4 Å². The van der Waals surface area contributed by atoms with Crippen LogP contribution in [-0.2, 0) is 9.47 Å². The average Bonchev–Trinajstić information content (AvgIpc) is 2.40. The van der Waals surface area contributed by atoms with E-state index in [0.29, 0.717) is 16.9 Å². The number of nitrogens with two attached hydrogens (primary N) is 1. The van der Waals surface area contributed by atoms with Gasteiger partial charge in [0.1, 0.15) is 0 Å². The molecule has 0 aliphatic heterocycles. The number of esters is 1. The van der Waals surface area contributed by atoms with Gasteiger partial charge in [-0.3, -0.25) is 0 Å². The summed E-state index contributed by atoms with van der Waals surface area (Å²) in [5.74, 6) is -0.387. The van der Waals surface area contributed by atoms with Gasteiger partial charge in [0.25, 0.3) is 0 Å². The maximum absolute atomic E-state index is 11.5. The third kappa shape index (κ3) is 3.61. The van der Waals surface area contributed by atoms with Gasteiger partial charge >= 0.3 is 5.97 Å². The third-order valence-electron chi connectivity index (χ3n) is 3.42. The van der Waals surface area contributed by atoms with Crippen molar-refractivity contribution in [3.05, 3.63) is 23.8 Å². The Labute approximate surface area is 114 Å². The molecular weight excluding hydrogens is 244 g/mol. The molecule has 106 valence electrons. The molecule has 1 rings (SSSR count). The summed E-state index contributed by atoms with van der Waals surface area (Å²) in [4.78, 5) is 11.5. The van der Waals surface area contributed by atoms with Gasteiger partial charge in [-0.25, -0.2) is 4.79 Å². The Hall–Kier alpha value is -1.75. The van der Waals surface area contributed by atoms with Crippen LogP contribution in [0.2, 0.25) is 0 Å². The van der Waals surface area contributed by atoms with Crippen molar-refractivity contribution in [1.82, 2.24) is 0 Å². The number of benzene rings is 1. The predicted molar refractivity (Wildman–Crippen MR) is 76.4 cm³/mol. The molecule has 0 saturated heterocycles. The van der Waals surface area contributed by atoms with Crippen molar-refractivity contribution in [2.75, 3.05) is 25.3 Å². The zero-order valence-corrected chi connectivity index (χ0v) is 12.1. The summed E-state index contributed by atoms with van der Waals surface area (Å²) in [5.41, 5.74) is 7.29. The third-order valence-corrected chi connectivity index (χ3v) is 3.42. The van der Waals surface area contributed by atoms with Crippen molar-refractivity contribution in [2.45, 2.75) is 32.4 Å². The molecule has 1 unspecified atom stereocenters. The highest BCUT2D eigenvalue weighted by molar-refractivity contribution is 5.92. The summed E-state index contributed by atoms with van der Waals surface area (Å²) >= 11 is 0. The van der Waals surface area contributed by atoms with E-state index in [0.717, 1.165) is 0 Å². The van der Waals surface area contributed by atoms with Crippen LogP contribution in [0.5, 0.6) is 0 Å². The van der Waals surface area contributed by atoms with Crippen LogP contribution in [0.25, 0.3) is 0 Å². The number of hydrogen-bond acceptors (Lipinski definition) is 5. The van der Waals surface area contributed by atoms with E-state index >= 15 is 0 Å². The molecule has 19 heavy (non-hydrogen) atoms. The van der Waals surface area contributed by atoms with Gasteiger partial charge in [0.15, 0.2) is 0 Å². The van der Waals surface area contributed by atoms with Crippen molar-refractivity contribution >= 4 is 17.3 Å². The van der Waals surface area contributed by atoms with Gasteiger partial charge in [0, 0.05) is 7.11 Å². The molecule has 0 aliphatic rings. The predicted octanol–water partition coefficient (Wildman–Crippen LogP) is 2.28. The molecule has 1 aromatic rings. The topological polar surface area (TPSA) is 73.6 Å². The second-order valence-corrected chi connectivity index (χ2v) is 4.97. The number of hydrogen-bond donors (Lipinski definition) is 2. The largest absolute Gasteiger partial charge is 0.465 e. The fourth-order valence-corrected chi connectivity index (χ4v) is 1.51. The van der Waals surface area contributed by atoms with Gasteiger partial charge in [0.05, 0.1) is 35.7 Å². The van der Waals surface area contributed by atoms with Gasteiger partial charge in [-0.15, -0.1) is 0 Å². The van der Waals surface area contributed by atoms with Crippen molar-refractivity contribution in [3.8, 4) is 0 Å². The molecule has 1 atom stereocenters. The molecule has 0 aromatic heterocycles. The van der Waals surface area contributed by atoms with E-state index in [1.807, 2.05) is 20.8 Å². The first-order valence-electron chi connectivity index (χ1n) is 6.11. The molecule has 0 bridgehead atoms. The first-order valence-corrected chi connectivity index (χ1v) is 6.11. The highest BCUT2D eigenvalue weighted by atomic mass is 16.5. The van der Waals surface area contributed by atoms with Crippen molar-refractivity contribution in [2.24, 2.45) is 0 Å². The van der Waals surface area contributed by atoms with Crippen molar-refractivity contribution < 1.29 is 14.3 Å². The Balaban J connectivity index is 2.97. The molecule has 0 fully saturated rings. The Morgan fingerprint density at radius 2 is 2.00 bits per heavy atom. The van der Waals surface area contributed by atoms with E-state index in [9.17, 15) is 4.79 Å². The summed E-state index contributed by atoms with van der Waals surface area (Å²) in [7, 11) is 3.01. The lowest BCUT2D eigenvalue weighted by molar-refractivity contribution is 0.0107. The number of carbonyl (C=O) groups excluding carboxylic acids is 1. The summed E-state index contributed by atoms with van der Waals surface area (Å²) < 4.78 is 10.1. The number of carbonyl (C=O) groups is 1. The minimum Gasteiger partial charge on any atom is -0.465 e. The Morgan fingerprint density at radius 3 is 2.53 bits per heavy atom. The van der Waals surface area contributed by atoms with Gasteiger partial charge in [-0.2, -0.15) is 0 Å². The van der Waals surface area contributed by atoms with Crippen LogP contribution in [0.15, 0.2) is 18.2 Å². The number of anilines is 2. The molecule has 5 heteroatoms. The van der Waals surface area contributed by atoms with Gasteiger partial charge in [0.2, 0.25) is 0 Å². The van der Waals surface area contributed by atoms with Crippen LogP contribution in [-0.4, -0.2) is 31.8 Å². The molecule has 5 nitrogen and oxygen atoms in total. The van der Waals surface area contributed by atoms with E-state index in [-0.39, 0.29) is 17.6 Å². The normalized spacial score (nSPS) is 12.9. The summed E-state index contributed by atoms with van der Waals surface area (Å²) in [5, 5.41) is 3.26. The molecule has 0 radical (unpaired) electrons. The first kappa shape index (κ1) is 15.3. The number of nitrogens with one attached hydrogen (secondary N) is 1. The number of ether oxygens (including phenoxy) is 2. The van der Waals surface area contributed by atoms with Gasteiger partial charge in [-0.05, 0) is 39.0 Å². The van der Waals surface area contributed by atoms with Crippen molar-refractivity contribution in [1.29, 1.82) is 0 Å². The maximum atomic E-state index is 11.5. The molecule has 0 heterocycles. The minimum atomic E-state index is -0.387. The smallest absolute Gasteiger partial charge is 0.337 e. The molecule has 0 spiro atoms. The highest BCUT2D eigenvalue weighted by Gasteiger charge is 2.25. The SMILES string of the molecule is COC(=O)c1ccc(N)c(NC(C)C(C)(C)OC)c1. The lowest BCUT2D eigenvalue weighted by atomic mass is 9.99. The second-order valence-electron chi connectivity index (χ2n) is 4.97. The van der Waals surface area contributed by atoms with Crippen LogP contribution < -0.4 is 11.1 Å². The quantitative estimate of drug-likeness (QED) is 0.632. The molecular formula is C14H22N2O3. The van der Waals surface area contributed by atoms with Gasteiger partial charge < -0.3 is 20.5 Å². The number of methoxy groups -OCH3 is 2. The summed E-state index contributed by atoms with van der Waals surface area (Å²) in [6.45, 7) is 5.95. The van der Waals surface area contributed by atoms with E-state index in [4.69, 9.17) is 15.2 Å². The maximum Gasteiger partial charge on any atom is 0.337 e. The van der Waals surface area contributed by atoms with Crippen LogP contribution in [0.3, 0.4) is 0 Å². The molecule has 0 aliphatic carbocycles. The summed E-state index contributed by atoms with van der Waals surface area (Å²) in [6, 6.07) is 5.02. The van der Waals surface area contributed by atoms with Crippen LogP contribution >= 0.6 is 0 Å². The van der Waals surface area contributed by atoms with E-state index in [1.165, 1.54) is 7.11 Å². The highest BCUT2D eigenvalue weighted by Crippen LogP contribution is 2.25. The minimum absolute atomic E-state index is 0.0210. The fourth-order valence-electron chi connectivity index (χ4n) is 1.51. The lowest BCUT2D eigenvalue weighted by Crippen LogP contribution is -2.41. The molecule has 1 aromatic carbocycles. The Morgan fingerprint density at radius 1 is 1.37 bits per heavy atom. The van der Waals surface area contributed by atoms with Crippen LogP contribution in [0, 0.1) is 0 Å². The monoisotopic (exact) mass is 266 g/mol. The van der Waals surface area contributed by atoms with Crippen LogP contribution in [0.1, 0.15) is 31.1 Å².